The van der Waals surface area contributed by atoms with E-state index in [9.17, 15) is 8.42 Å². The topological polar surface area (TPSA) is 99.1 Å². The lowest BCUT2D eigenvalue weighted by Gasteiger charge is -2.21. The van der Waals surface area contributed by atoms with Crippen molar-refractivity contribution in [3.05, 3.63) is 29.8 Å². The summed E-state index contributed by atoms with van der Waals surface area (Å²) in [5.41, 5.74) is 0.766. The van der Waals surface area contributed by atoms with Crippen molar-refractivity contribution < 1.29 is 23.4 Å². The molecule has 0 bridgehead atoms. The Morgan fingerprint density at radius 2 is 2.00 bits per heavy atom. The van der Waals surface area contributed by atoms with E-state index in [0.29, 0.717) is 5.75 Å². The fraction of sp³-hybridized carbons (Fsp3) is 0.500. The van der Waals surface area contributed by atoms with E-state index in [2.05, 4.69) is 4.72 Å². The molecule has 20 heavy (non-hydrogen) atoms. The number of benzene rings is 1. The molecule has 0 saturated heterocycles. The van der Waals surface area contributed by atoms with Crippen LogP contribution in [0.15, 0.2) is 24.3 Å². The molecule has 0 spiro atoms. The highest BCUT2D eigenvalue weighted by Gasteiger charge is 2.21. The van der Waals surface area contributed by atoms with Crippen LogP contribution in [0.1, 0.15) is 5.56 Å². The lowest BCUT2D eigenvalue weighted by Crippen LogP contribution is -2.46. The van der Waals surface area contributed by atoms with Gasteiger partial charge in [-0.2, -0.15) is 17.4 Å². The minimum Gasteiger partial charge on any atom is -0.497 e. The summed E-state index contributed by atoms with van der Waals surface area (Å²) in [7, 11) is -0.833. The molecule has 0 radical (unpaired) electrons. The summed E-state index contributed by atoms with van der Waals surface area (Å²) >= 11 is 0. The Hall–Kier alpha value is -1.19. The van der Waals surface area contributed by atoms with Gasteiger partial charge in [-0.1, -0.05) is 12.1 Å². The van der Waals surface area contributed by atoms with Gasteiger partial charge >= 0.3 is 0 Å². The average molecular weight is 304 g/mol. The van der Waals surface area contributed by atoms with Gasteiger partial charge in [0.25, 0.3) is 10.2 Å². The van der Waals surface area contributed by atoms with E-state index in [1.54, 1.807) is 24.3 Å². The Morgan fingerprint density at radius 1 is 1.35 bits per heavy atom. The molecule has 0 aromatic heterocycles. The van der Waals surface area contributed by atoms with Crippen LogP contribution >= 0.6 is 0 Å². The van der Waals surface area contributed by atoms with E-state index >= 15 is 0 Å². The molecule has 0 aliphatic carbocycles. The number of methoxy groups -OCH3 is 1. The molecule has 7 nitrogen and oxygen atoms in total. The summed E-state index contributed by atoms with van der Waals surface area (Å²) in [4.78, 5) is 0. The average Bonchev–Trinajstić information content (AvgIpc) is 2.44. The quantitative estimate of drug-likeness (QED) is 0.591. The van der Waals surface area contributed by atoms with Crippen molar-refractivity contribution in [2.24, 2.45) is 0 Å². The molecule has 114 valence electrons. The number of aliphatic hydroxyl groups excluding tert-OH is 2. The number of hydrogen-bond acceptors (Lipinski definition) is 5. The molecule has 0 fully saturated rings. The summed E-state index contributed by atoms with van der Waals surface area (Å²) in [5.74, 6) is 0.643. The van der Waals surface area contributed by atoms with E-state index in [0.717, 1.165) is 9.87 Å². The van der Waals surface area contributed by atoms with Gasteiger partial charge in [-0.15, -0.1) is 0 Å². The van der Waals surface area contributed by atoms with E-state index in [1.807, 2.05) is 0 Å². The lowest BCUT2D eigenvalue weighted by atomic mass is 10.2. The Bertz CT molecular complexity index is 516. The molecule has 1 rings (SSSR count). The van der Waals surface area contributed by atoms with Gasteiger partial charge in [0.05, 0.1) is 26.4 Å². The maximum Gasteiger partial charge on any atom is 0.279 e. The van der Waals surface area contributed by atoms with Crippen LogP contribution in [0.2, 0.25) is 0 Å². The summed E-state index contributed by atoms with van der Waals surface area (Å²) in [5, 5.41) is 17.8. The monoisotopic (exact) mass is 304 g/mol. The SMILES string of the molecule is COc1cccc(CN(C)S(=O)(=O)NC(CO)CO)c1. The zero-order chi connectivity index (χ0) is 15.2. The lowest BCUT2D eigenvalue weighted by molar-refractivity contribution is 0.183. The summed E-state index contributed by atoms with van der Waals surface area (Å²) in [6.07, 6.45) is 0. The van der Waals surface area contributed by atoms with Crippen molar-refractivity contribution in [3.63, 3.8) is 0 Å². The first-order valence-corrected chi connectivity index (χ1v) is 7.45. The number of nitrogens with zero attached hydrogens (tertiary/aromatic N) is 1. The second kappa shape index (κ2) is 7.55. The van der Waals surface area contributed by atoms with Crippen molar-refractivity contribution in [3.8, 4) is 5.75 Å². The second-order valence-electron chi connectivity index (χ2n) is 4.29. The molecular weight excluding hydrogens is 284 g/mol. The van der Waals surface area contributed by atoms with Gasteiger partial charge in [0.1, 0.15) is 5.75 Å². The Labute approximate surface area is 119 Å². The number of nitrogens with one attached hydrogen (secondary N) is 1. The highest BCUT2D eigenvalue weighted by atomic mass is 32.2. The van der Waals surface area contributed by atoms with Crippen LogP contribution in [-0.4, -0.2) is 56.3 Å². The molecule has 0 saturated carbocycles. The van der Waals surface area contributed by atoms with Crippen LogP contribution in [-0.2, 0) is 16.8 Å². The van der Waals surface area contributed by atoms with Gasteiger partial charge in [0, 0.05) is 13.6 Å². The zero-order valence-corrected chi connectivity index (χ0v) is 12.3. The smallest absolute Gasteiger partial charge is 0.279 e. The summed E-state index contributed by atoms with van der Waals surface area (Å²) < 4.78 is 32.3. The van der Waals surface area contributed by atoms with Gasteiger partial charge in [0.15, 0.2) is 0 Å². The van der Waals surface area contributed by atoms with Crippen LogP contribution in [0.5, 0.6) is 5.75 Å². The van der Waals surface area contributed by atoms with E-state index in [-0.39, 0.29) is 6.54 Å². The molecule has 0 amide bonds. The third kappa shape index (κ3) is 4.73. The second-order valence-corrected chi connectivity index (χ2v) is 6.10. The maximum atomic E-state index is 12.0. The Kier molecular flexibility index (Phi) is 6.37. The van der Waals surface area contributed by atoms with Gasteiger partial charge in [-0.3, -0.25) is 0 Å². The van der Waals surface area contributed by atoms with E-state index in [1.165, 1.54) is 14.2 Å². The van der Waals surface area contributed by atoms with Crippen LogP contribution in [0.4, 0.5) is 0 Å². The van der Waals surface area contributed by atoms with Crippen molar-refractivity contribution >= 4 is 10.2 Å². The zero-order valence-electron chi connectivity index (χ0n) is 11.5. The van der Waals surface area contributed by atoms with Crippen molar-refractivity contribution in [1.29, 1.82) is 0 Å². The first-order chi connectivity index (χ1) is 9.42. The van der Waals surface area contributed by atoms with Gasteiger partial charge in [-0.25, -0.2) is 0 Å². The minimum atomic E-state index is -3.78. The van der Waals surface area contributed by atoms with Crippen molar-refractivity contribution in [2.75, 3.05) is 27.4 Å². The fourth-order valence-electron chi connectivity index (χ4n) is 1.55. The number of rotatable bonds is 8. The first kappa shape index (κ1) is 16.9. The molecule has 0 atom stereocenters. The Morgan fingerprint density at radius 3 is 2.55 bits per heavy atom. The molecule has 8 heteroatoms. The number of ether oxygens (including phenoxy) is 1. The standard InChI is InChI=1S/C12H20N2O5S/c1-14(20(17,18)13-11(8-15)9-16)7-10-4-3-5-12(6-10)19-2/h3-6,11,13,15-16H,7-9H2,1-2H3. The largest absolute Gasteiger partial charge is 0.497 e. The van der Waals surface area contributed by atoms with E-state index in [4.69, 9.17) is 14.9 Å². The summed E-state index contributed by atoms with van der Waals surface area (Å²) in [6.45, 7) is -0.790. The first-order valence-electron chi connectivity index (χ1n) is 6.01. The van der Waals surface area contributed by atoms with Crippen LogP contribution in [0.25, 0.3) is 0 Å². The highest BCUT2D eigenvalue weighted by molar-refractivity contribution is 7.87. The van der Waals surface area contributed by atoms with Gasteiger partial charge in [0.2, 0.25) is 0 Å². The third-order valence-corrected chi connectivity index (χ3v) is 4.29. The predicted molar refractivity (Wildman–Crippen MR) is 74.5 cm³/mol. The Balaban J connectivity index is 2.75. The number of hydrogen-bond donors (Lipinski definition) is 3. The molecular formula is C12H20N2O5S. The predicted octanol–water partition coefficient (Wildman–Crippen LogP) is -0.685. The third-order valence-electron chi connectivity index (χ3n) is 2.71. The highest BCUT2D eigenvalue weighted by Crippen LogP contribution is 2.14. The molecule has 0 unspecified atom stereocenters. The van der Waals surface area contributed by atoms with Crippen LogP contribution in [0, 0.1) is 0 Å². The van der Waals surface area contributed by atoms with Crippen LogP contribution in [0.3, 0.4) is 0 Å². The normalized spacial score (nSPS) is 12.1. The molecule has 0 aliphatic heterocycles. The van der Waals surface area contributed by atoms with Crippen molar-refractivity contribution in [2.45, 2.75) is 12.6 Å². The summed E-state index contributed by atoms with van der Waals surface area (Å²) in [6, 6.07) is 6.15. The number of aliphatic hydroxyl groups is 2. The maximum absolute atomic E-state index is 12.0. The molecule has 1 aromatic carbocycles. The molecule has 1 aromatic rings. The van der Waals surface area contributed by atoms with E-state index < -0.39 is 29.5 Å². The van der Waals surface area contributed by atoms with Crippen LogP contribution < -0.4 is 9.46 Å². The molecule has 3 N–H and O–H groups in total. The molecule has 0 heterocycles. The fourth-order valence-corrected chi connectivity index (χ4v) is 2.62. The van der Waals surface area contributed by atoms with Gasteiger partial charge in [-0.05, 0) is 17.7 Å². The molecule has 0 aliphatic rings. The van der Waals surface area contributed by atoms with Gasteiger partial charge < -0.3 is 14.9 Å². The minimum absolute atomic E-state index is 0.149. The van der Waals surface area contributed by atoms with Crippen molar-refractivity contribution in [1.82, 2.24) is 9.03 Å².